The fraction of sp³-hybridized carbons (Fsp3) is 0.500. The van der Waals surface area contributed by atoms with Crippen LogP contribution >= 0.6 is 0 Å². The van der Waals surface area contributed by atoms with E-state index in [1.54, 1.807) is 4.90 Å². The van der Waals surface area contributed by atoms with Crippen LogP contribution in [-0.2, 0) is 0 Å². The molecule has 1 amide bonds. The molecule has 5 heteroatoms. The Bertz CT molecular complexity index is 459. The van der Waals surface area contributed by atoms with Crippen molar-refractivity contribution in [3.63, 3.8) is 0 Å². The summed E-state index contributed by atoms with van der Waals surface area (Å²) in [4.78, 5) is 14.0. The molecule has 3 heterocycles. The third kappa shape index (κ3) is 2.71. The van der Waals surface area contributed by atoms with Crippen molar-refractivity contribution in [2.75, 3.05) is 19.6 Å². The number of piperidine rings is 1. The van der Waals surface area contributed by atoms with Gasteiger partial charge in [-0.2, -0.15) is 0 Å². The zero-order valence-corrected chi connectivity index (χ0v) is 10.6. The van der Waals surface area contributed by atoms with Crippen molar-refractivity contribution in [2.24, 2.45) is 5.92 Å². The molecule has 3 saturated heterocycles. The minimum Gasteiger partial charge on any atom is -0.410 e. The lowest BCUT2D eigenvalue weighted by molar-refractivity contribution is 0.106. The van der Waals surface area contributed by atoms with Crippen LogP contribution in [0.4, 0.5) is 9.18 Å². The second kappa shape index (κ2) is 5.17. The van der Waals surface area contributed by atoms with Crippen LogP contribution in [0.5, 0.6) is 5.75 Å². The minimum atomic E-state index is -0.335. The fourth-order valence-electron chi connectivity index (χ4n) is 2.82. The summed E-state index contributed by atoms with van der Waals surface area (Å²) in [6.45, 7) is 2.55. The molecular formula is C14H17FN2O2. The van der Waals surface area contributed by atoms with E-state index in [1.807, 2.05) is 0 Å². The maximum absolute atomic E-state index is 12.8. The van der Waals surface area contributed by atoms with Crippen molar-refractivity contribution in [3.8, 4) is 5.75 Å². The lowest BCUT2D eigenvalue weighted by atomic mass is 9.95. The van der Waals surface area contributed by atoms with Gasteiger partial charge in [-0.05, 0) is 49.6 Å². The highest BCUT2D eigenvalue weighted by Gasteiger charge is 2.35. The first-order valence-electron chi connectivity index (χ1n) is 6.67. The van der Waals surface area contributed by atoms with Gasteiger partial charge < -0.3 is 15.0 Å². The van der Waals surface area contributed by atoms with Crippen LogP contribution in [0.25, 0.3) is 0 Å². The molecule has 3 aliphatic rings. The van der Waals surface area contributed by atoms with Gasteiger partial charge in [0, 0.05) is 19.1 Å². The predicted octanol–water partition coefficient (Wildman–Crippen LogP) is 2.01. The molecule has 0 aromatic heterocycles. The maximum Gasteiger partial charge on any atom is 0.415 e. The van der Waals surface area contributed by atoms with Crippen molar-refractivity contribution in [3.05, 3.63) is 30.1 Å². The van der Waals surface area contributed by atoms with E-state index in [1.165, 1.54) is 24.3 Å². The van der Waals surface area contributed by atoms with E-state index in [4.69, 9.17) is 4.74 Å². The molecule has 0 aliphatic carbocycles. The summed E-state index contributed by atoms with van der Waals surface area (Å²) in [7, 11) is 0. The number of amides is 1. The lowest BCUT2D eigenvalue weighted by Crippen LogP contribution is -2.48. The standard InChI is InChI=1S/C14H17FN2O2/c15-11-2-5-13(6-3-11)19-14(18)17-9-10-1-4-12(17)8-16-7-10/h2-3,5-6,10,12,16H,1,4,7-9H2. The minimum absolute atomic E-state index is 0.215. The first-order chi connectivity index (χ1) is 9.22. The molecule has 4 nitrogen and oxygen atoms in total. The van der Waals surface area contributed by atoms with E-state index in [9.17, 15) is 9.18 Å². The average Bonchev–Trinajstić information content (AvgIpc) is 2.76. The van der Waals surface area contributed by atoms with Gasteiger partial charge in [-0.15, -0.1) is 0 Å². The summed E-state index contributed by atoms with van der Waals surface area (Å²) in [5.74, 6) is 0.567. The number of nitrogens with zero attached hydrogens (tertiary/aromatic N) is 1. The predicted molar refractivity (Wildman–Crippen MR) is 68.5 cm³/mol. The van der Waals surface area contributed by atoms with E-state index in [-0.39, 0.29) is 18.0 Å². The highest BCUT2D eigenvalue weighted by molar-refractivity contribution is 5.71. The Kier molecular flexibility index (Phi) is 3.38. The number of fused-ring (bicyclic) bond motifs is 4. The Labute approximate surface area is 111 Å². The summed E-state index contributed by atoms with van der Waals surface area (Å²) in [5.41, 5.74) is 0. The van der Waals surface area contributed by atoms with E-state index >= 15 is 0 Å². The van der Waals surface area contributed by atoms with Crippen LogP contribution in [-0.4, -0.2) is 36.7 Å². The molecule has 1 aromatic carbocycles. The number of hydrogen-bond acceptors (Lipinski definition) is 3. The van der Waals surface area contributed by atoms with Crippen molar-refractivity contribution < 1.29 is 13.9 Å². The number of halogens is 1. The monoisotopic (exact) mass is 264 g/mol. The number of benzene rings is 1. The molecule has 1 N–H and O–H groups in total. The second-order valence-electron chi connectivity index (χ2n) is 5.23. The molecule has 3 aliphatic heterocycles. The summed E-state index contributed by atoms with van der Waals surface area (Å²) < 4.78 is 18.1. The first-order valence-corrected chi connectivity index (χ1v) is 6.67. The van der Waals surface area contributed by atoms with E-state index in [2.05, 4.69) is 5.32 Å². The lowest BCUT2D eigenvalue weighted by Gasteiger charge is -2.35. The van der Waals surface area contributed by atoms with Gasteiger partial charge in [0.15, 0.2) is 0 Å². The average molecular weight is 264 g/mol. The Morgan fingerprint density at radius 3 is 2.84 bits per heavy atom. The van der Waals surface area contributed by atoms with Gasteiger partial charge in [0.05, 0.1) is 0 Å². The van der Waals surface area contributed by atoms with Gasteiger partial charge in [-0.25, -0.2) is 9.18 Å². The Balaban J connectivity index is 1.68. The van der Waals surface area contributed by atoms with Crippen molar-refractivity contribution in [1.29, 1.82) is 0 Å². The number of nitrogens with one attached hydrogen (secondary N) is 1. The molecule has 1 aromatic rings. The molecule has 2 unspecified atom stereocenters. The molecule has 2 bridgehead atoms. The number of hydrogen-bond donors (Lipinski definition) is 1. The highest BCUT2D eigenvalue weighted by Crippen LogP contribution is 2.25. The van der Waals surface area contributed by atoms with Crippen molar-refractivity contribution in [2.45, 2.75) is 18.9 Å². The SMILES string of the molecule is O=C(Oc1ccc(F)cc1)N1CC2CCC1CNC2. The number of carbonyl (C=O) groups excluding carboxylic acids is 1. The van der Waals surface area contributed by atoms with Crippen LogP contribution in [0.3, 0.4) is 0 Å². The topological polar surface area (TPSA) is 41.6 Å². The van der Waals surface area contributed by atoms with Crippen molar-refractivity contribution in [1.82, 2.24) is 10.2 Å². The molecule has 2 atom stereocenters. The van der Waals surface area contributed by atoms with Crippen LogP contribution in [0.2, 0.25) is 0 Å². The third-order valence-corrected chi connectivity index (χ3v) is 3.87. The van der Waals surface area contributed by atoms with Gasteiger partial charge >= 0.3 is 6.09 Å². The summed E-state index contributed by atoms with van der Waals surface area (Å²) in [6, 6.07) is 5.74. The Morgan fingerprint density at radius 2 is 2.05 bits per heavy atom. The number of rotatable bonds is 1. The molecule has 102 valence electrons. The number of carbonyl (C=O) groups is 1. The van der Waals surface area contributed by atoms with Crippen LogP contribution < -0.4 is 10.1 Å². The van der Waals surface area contributed by atoms with E-state index in [0.29, 0.717) is 11.7 Å². The quantitative estimate of drug-likeness (QED) is 0.843. The zero-order valence-electron chi connectivity index (χ0n) is 10.6. The molecule has 19 heavy (non-hydrogen) atoms. The molecule has 3 fully saturated rings. The van der Waals surface area contributed by atoms with Gasteiger partial charge in [0.2, 0.25) is 0 Å². The van der Waals surface area contributed by atoms with Crippen LogP contribution in [0, 0.1) is 11.7 Å². The summed E-state index contributed by atoms with van der Waals surface area (Å²) >= 11 is 0. The maximum atomic E-state index is 12.8. The first kappa shape index (κ1) is 12.4. The normalized spacial score (nSPS) is 26.1. The van der Waals surface area contributed by atoms with E-state index < -0.39 is 0 Å². The van der Waals surface area contributed by atoms with E-state index in [0.717, 1.165) is 32.5 Å². The van der Waals surface area contributed by atoms with Gasteiger partial charge in [-0.1, -0.05) is 0 Å². The third-order valence-electron chi connectivity index (χ3n) is 3.87. The van der Waals surface area contributed by atoms with Crippen LogP contribution in [0.1, 0.15) is 12.8 Å². The highest BCUT2D eigenvalue weighted by atomic mass is 19.1. The molecule has 0 radical (unpaired) electrons. The molecule has 0 saturated carbocycles. The van der Waals surface area contributed by atoms with Gasteiger partial charge in [-0.3, -0.25) is 0 Å². The van der Waals surface area contributed by atoms with Gasteiger partial charge in [0.1, 0.15) is 11.6 Å². The summed E-state index contributed by atoms with van der Waals surface area (Å²) in [6.07, 6.45) is 1.86. The second-order valence-corrected chi connectivity index (χ2v) is 5.23. The van der Waals surface area contributed by atoms with Gasteiger partial charge in [0.25, 0.3) is 0 Å². The largest absolute Gasteiger partial charge is 0.415 e. The molecule has 0 spiro atoms. The number of ether oxygens (including phenoxy) is 1. The van der Waals surface area contributed by atoms with Crippen molar-refractivity contribution >= 4 is 6.09 Å². The Hall–Kier alpha value is -1.62. The zero-order chi connectivity index (χ0) is 13.2. The van der Waals surface area contributed by atoms with Crippen LogP contribution in [0.15, 0.2) is 24.3 Å². The molecule has 4 rings (SSSR count). The smallest absolute Gasteiger partial charge is 0.410 e. The Morgan fingerprint density at radius 1 is 1.26 bits per heavy atom. The fourth-order valence-corrected chi connectivity index (χ4v) is 2.82. The summed E-state index contributed by atoms with van der Waals surface area (Å²) in [5, 5.41) is 3.37. The molecular weight excluding hydrogens is 247 g/mol.